The van der Waals surface area contributed by atoms with Crippen LogP contribution >= 0.6 is 11.3 Å². The van der Waals surface area contributed by atoms with Gasteiger partial charge in [-0.2, -0.15) is 0 Å². The van der Waals surface area contributed by atoms with Crippen molar-refractivity contribution < 1.29 is 9.59 Å². The van der Waals surface area contributed by atoms with E-state index in [0.717, 1.165) is 32.2 Å². The number of rotatable bonds is 3. The molecule has 0 radical (unpaired) electrons. The van der Waals surface area contributed by atoms with Crippen molar-refractivity contribution in [3.8, 4) is 0 Å². The van der Waals surface area contributed by atoms with Crippen LogP contribution < -0.4 is 0 Å². The third kappa shape index (κ3) is 2.35. The summed E-state index contributed by atoms with van der Waals surface area (Å²) in [5.41, 5.74) is 1.29. The van der Waals surface area contributed by atoms with Gasteiger partial charge in [0.05, 0.1) is 6.54 Å². The number of nitrogens with zero attached hydrogens (tertiary/aromatic N) is 2. The Hall–Kier alpha value is -1.36. The first-order chi connectivity index (χ1) is 9.70. The molecule has 2 saturated heterocycles. The van der Waals surface area contributed by atoms with Crippen LogP contribution in [0.2, 0.25) is 0 Å². The number of hydrogen-bond acceptors (Lipinski definition) is 3. The first-order valence-electron chi connectivity index (χ1n) is 7.34. The van der Waals surface area contributed by atoms with Crippen LogP contribution in [0.5, 0.6) is 0 Å². The van der Waals surface area contributed by atoms with Crippen LogP contribution in [0.3, 0.4) is 0 Å². The lowest BCUT2D eigenvalue weighted by atomic mass is 9.98. The van der Waals surface area contributed by atoms with Crippen LogP contribution in [0.15, 0.2) is 11.4 Å². The summed E-state index contributed by atoms with van der Waals surface area (Å²) >= 11 is 1.68. The fraction of sp³-hybridized carbons (Fsp3) is 0.600. The van der Waals surface area contributed by atoms with E-state index in [9.17, 15) is 9.59 Å². The molecule has 1 atom stereocenters. The second kappa shape index (κ2) is 5.56. The Morgan fingerprint density at radius 1 is 1.35 bits per heavy atom. The third-order valence-corrected chi connectivity index (χ3v) is 5.25. The summed E-state index contributed by atoms with van der Waals surface area (Å²) in [5.74, 6) is 0.253. The second-order valence-electron chi connectivity index (χ2n) is 5.52. The van der Waals surface area contributed by atoms with Crippen molar-refractivity contribution >= 4 is 23.2 Å². The summed E-state index contributed by atoms with van der Waals surface area (Å²) in [4.78, 5) is 29.5. The van der Waals surface area contributed by atoms with Crippen molar-refractivity contribution in [1.82, 2.24) is 9.80 Å². The van der Waals surface area contributed by atoms with Gasteiger partial charge in [-0.15, -0.1) is 11.3 Å². The van der Waals surface area contributed by atoms with Gasteiger partial charge in [-0.3, -0.25) is 9.59 Å². The van der Waals surface area contributed by atoms with E-state index >= 15 is 0 Å². The summed E-state index contributed by atoms with van der Waals surface area (Å²) in [6.07, 6.45) is 3.88. The molecular formula is C15H20N2O2S. The molecule has 0 aromatic carbocycles. The number of piperazine rings is 1. The molecule has 0 bridgehead atoms. The number of fused-ring (bicyclic) bond motifs is 1. The number of amides is 2. The molecule has 0 N–H and O–H groups in total. The molecule has 108 valence electrons. The molecule has 0 aliphatic carbocycles. The molecule has 3 heterocycles. The Kier molecular flexibility index (Phi) is 3.78. The molecular weight excluding hydrogens is 272 g/mol. The number of piperidine rings is 1. The lowest BCUT2D eigenvalue weighted by Crippen LogP contribution is -2.60. The van der Waals surface area contributed by atoms with Crippen LogP contribution in [0.4, 0.5) is 0 Å². The van der Waals surface area contributed by atoms with Crippen molar-refractivity contribution in [3.05, 3.63) is 21.9 Å². The summed E-state index contributed by atoms with van der Waals surface area (Å²) < 4.78 is 0. The molecule has 2 aliphatic rings. The first kappa shape index (κ1) is 13.6. The largest absolute Gasteiger partial charge is 0.329 e. The molecule has 1 aromatic rings. The van der Waals surface area contributed by atoms with E-state index in [4.69, 9.17) is 0 Å². The van der Waals surface area contributed by atoms with Crippen LogP contribution in [0.25, 0.3) is 0 Å². The lowest BCUT2D eigenvalue weighted by molar-refractivity contribution is -0.158. The van der Waals surface area contributed by atoms with Gasteiger partial charge in [0.1, 0.15) is 12.6 Å². The number of thiophene rings is 1. The van der Waals surface area contributed by atoms with Crippen LogP contribution in [0, 0.1) is 0 Å². The maximum absolute atomic E-state index is 12.6. The molecule has 1 unspecified atom stereocenters. The van der Waals surface area contributed by atoms with Crippen LogP contribution in [-0.2, 0) is 22.6 Å². The van der Waals surface area contributed by atoms with E-state index in [1.807, 2.05) is 0 Å². The van der Waals surface area contributed by atoms with Gasteiger partial charge in [-0.05, 0) is 42.7 Å². The maximum Gasteiger partial charge on any atom is 0.246 e. The highest BCUT2D eigenvalue weighted by Gasteiger charge is 2.40. The highest BCUT2D eigenvalue weighted by molar-refractivity contribution is 7.10. The Balaban J connectivity index is 1.77. The van der Waals surface area contributed by atoms with Gasteiger partial charge in [-0.25, -0.2) is 0 Å². The van der Waals surface area contributed by atoms with E-state index in [1.165, 1.54) is 10.4 Å². The van der Waals surface area contributed by atoms with Crippen molar-refractivity contribution in [1.29, 1.82) is 0 Å². The topological polar surface area (TPSA) is 40.6 Å². The van der Waals surface area contributed by atoms with E-state index < -0.39 is 0 Å². The Labute approximate surface area is 123 Å². The van der Waals surface area contributed by atoms with Gasteiger partial charge in [0.2, 0.25) is 11.8 Å². The number of carbonyl (C=O) groups excluding carboxylic acids is 2. The Morgan fingerprint density at radius 3 is 3.00 bits per heavy atom. The van der Waals surface area contributed by atoms with E-state index in [-0.39, 0.29) is 24.4 Å². The Morgan fingerprint density at radius 2 is 2.20 bits per heavy atom. The minimum Gasteiger partial charge on any atom is -0.329 e. The van der Waals surface area contributed by atoms with Gasteiger partial charge in [0, 0.05) is 11.4 Å². The molecule has 4 nitrogen and oxygen atoms in total. The molecule has 20 heavy (non-hydrogen) atoms. The van der Waals surface area contributed by atoms with Crippen molar-refractivity contribution in [2.75, 3.05) is 13.1 Å². The fourth-order valence-electron chi connectivity index (χ4n) is 3.16. The summed E-state index contributed by atoms with van der Waals surface area (Å²) in [6.45, 7) is 3.71. The second-order valence-corrected chi connectivity index (χ2v) is 6.52. The predicted octanol–water partition coefficient (Wildman–Crippen LogP) is 2.03. The normalized spacial score (nSPS) is 23.1. The first-order valence-corrected chi connectivity index (χ1v) is 8.22. The third-order valence-electron chi connectivity index (χ3n) is 4.30. The zero-order valence-electron chi connectivity index (χ0n) is 11.8. The standard InChI is InChI=1S/C15H20N2O2S/c1-2-11-6-8-20-13(11)9-16-10-14(18)17-7-4-3-5-12(17)15(16)19/h6,8,12H,2-5,7,9-10H2,1H3. The monoisotopic (exact) mass is 292 g/mol. The average molecular weight is 292 g/mol. The number of aryl methyl sites for hydroxylation is 1. The minimum absolute atomic E-state index is 0.115. The van der Waals surface area contributed by atoms with Crippen molar-refractivity contribution in [3.63, 3.8) is 0 Å². The summed E-state index contributed by atoms with van der Waals surface area (Å²) in [5, 5.41) is 2.07. The minimum atomic E-state index is -0.199. The molecule has 3 rings (SSSR count). The van der Waals surface area contributed by atoms with Crippen molar-refractivity contribution in [2.24, 2.45) is 0 Å². The lowest BCUT2D eigenvalue weighted by Gasteiger charge is -2.42. The predicted molar refractivity (Wildman–Crippen MR) is 78.5 cm³/mol. The Bertz CT molecular complexity index is 526. The zero-order valence-corrected chi connectivity index (χ0v) is 12.6. The molecule has 0 saturated carbocycles. The number of hydrogen-bond donors (Lipinski definition) is 0. The van der Waals surface area contributed by atoms with Gasteiger partial charge < -0.3 is 9.80 Å². The maximum atomic E-state index is 12.6. The molecule has 5 heteroatoms. The fourth-order valence-corrected chi connectivity index (χ4v) is 4.15. The quantitative estimate of drug-likeness (QED) is 0.855. The molecule has 2 fully saturated rings. The van der Waals surface area contributed by atoms with E-state index in [1.54, 1.807) is 21.1 Å². The zero-order chi connectivity index (χ0) is 14.1. The molecule has 1 aromatic heterocycles. The van der Waals surface area contributed by atoms with Gasteiger partial charge >= 0.3 is 0 Å². The highest BCUT2D eigenvalue weighted by Crippen LogP contribution is 2.26. The van der Waals surface area contributed by atoms with Gasteiger partial charge in [0.25, 0.3) is 0 Å². The van der Waals surface area contributed by atoms with Crippen LogP contribution in [0.1, 0.15) is 36.6 Å². The molecule has 0 spiro atoms. The van der Waals surface area contributed by atoms with Crippen molar-refractivity contribution in [2.45, 2.75) is 45.2 Å². The summed E-state index contributed by atoms with van der Waals surface area (Å²) in [6, 6.07) is 1.92. The number of carbonyl (C=O) groups is 2. The molecule has 2 aliphatic heterocycles. The van der Waals surface area contributed by atoms with Crippen LogP contribution in [-0.4, -0.2) is 40.7 Å². The van der Waals surface area contributed by atoms with E-state index in [2.05, 4.69) is 18.4 Å². The smallest absolute Gasteiger partial charge is 0.246 e. The highest BCUT2D eigenvalue weighted by atomic mass is 32.1. The SMILES string of the molecule is CCc1ccsc1CN1CC(=O)N2CCCCC2C1=O. The van der Waals surface area contributed by atoms with Gasteiger partial charge in [0.15, 0.2) is 0 Å². The molecule has 2 amide bonds. The van der Waals surface area contributed by atoms with E-state index in [0.29, 0.717) is 6.54 Å². The van der Waals surface area contributed by atoms with Gasteiger partial charge in [-0.1, -0.05) is 6.92 Å². The summed E-state index contributed by atoms with van der Waals surface area (Å²) in [7, 11) is 0. The average Bonchev–Trinajstić information content (AvgIpc) is 2.92.